The Kier molecular flexibility index (Phi) is 7.61. The molecule has 190 valence electrons. The van der Waals surface area contributed by atoms with Crippen molar-refractivity contribution in [1.29, 1.82) is 0 Å². The monoisotopic (exact) mass is 494 g/mol. The predicted octanol–water partition coefficient (Wildman–Crippen LogP) is 5.40. The second-order valence-corrected chi connectivity index (χ2v) is 9.58. The molecular formula is C24H29F3N4O4. The van der Waals surface area contributed by atoms with E-state index in [0.29, 0.717) is 23.4 Å². The molecule has 35 heavy (non-hydrogen) atoms. The van der Waals surface area contributed by atoms with E-state index in [1.165, 1.54) is 12.1 Å². The summed E-state index contributed by atoms with van der Waals surface area (Å²) in [6, 6.07) is 4.28. The third-order valence-electron chi connectivity index (χ3n) is 7.21. The molecule has 0 spiro atoms. The van der Waals surface area contributed by atoms with Crippen LogP contribution >= 0.6 is 0 Å². The van der Waals surface area contributed by atoms with Crippen molar-refractivity contribution in [3.63, 3.8) is 0 Å². The summed E-state index contributed by atoms with van der Waals surface area (Å²) in [5.41, 5.74) is -0.446. The van der Waals surface area contributed by atoms with Gasteiger partial charge in [0.15, 0.2) is 0 Å². The lowest BCUT2D eigenvalue weighted by atomic mass is 9.70. The Morgan fingerprint density at radius 2 is 1.54 bits per heavy atom. The number of carbonyl (C=O) groups excluding carboxylic acids is 1. The SMILES string of the molecule is O=C(O)CC1CCC(C2CCC(NC(=O)c3nnc(Nc4ccc(C(F)(F)F)cc4)o3)CC2)CC1. The lowest BCUT2D eigenvalue weighted by Gasteiger charge is -2.37. The maximum absolute atomic E-state index is 12.7. The van der Waals surface area contributed by atoms with E-state index in [0.717, 1.165) is 63.5 Å². The molecule has 2 saturated carbocycles. The summed E-state index contributed by atoms with van der Waals surface area (Å²) in [5, 5.41) is 22.1. The number of aromatic nitrogens is 2. The summed E-state index contributed by atoms with van der Waals surface area (Å²) < 4.78 is 43.4. The van der Waals surface area contributed by atoms with Gasteiger partial charge >= 0.3 is 30.0 Å². The van der Waals surface area contributed by atoms with Gasteiger partial charge in [-0.2, -0.15) is 13.2 Å². The van der Waals surface area contributed by atoms with Crippen LogP contribution in [0.25, 0.3) is 0 Å². The Labute approximate surface area is 200 Å². The first-order chi connectivity index (χ1) is 16.7. The summed E-state index contributed by atoms with van der Waals surface area (Å²) in [7, 11) is 0. The van der Waals surface area contributed by atoms with Crippen molar-refractivity contribution in [2.75, 3.05) is 5.32 Å². The molecule has 0 unspecified atom stereocenters. The fourth-order valence-electron chi connectivity index (χ4n) is 5.32. The van der Waals surface area contributed by atoms with Crippen molar-refractivity contribution in [3.05, 3.63) is 35.7 Å². The first kappa shape index (κ1) is 25.0. The normalized spacial score (nSPS) is 25.1. The Balaban J connectivity index is 1.21. The third kappa shape index (κ3) is 6.73. The number of hydrogen-bond donors (Lipinski definition) is 3. The molecule has 1 amide bonds. The molecule has 0 bridgehead atoms. The van der Waals surface area contributed by atoms with Crippen LogP contribution < -0.4 is 10.6 Å². The Morgan fingerprint density at radius 1 is 0.943 bits per heavy atom. The van der Waals surface area contributed by atoms with Crippen LogP contribution in [0.1, 0.15) is 74.0 Å². The van der Waals surface area contributed by atoms with Gasteiger partial charge in [0.1, 0.15) is 0 Å². The van der Waals surface area contributed by atoms with Gasteiger partial charge in [-0.3, -0.25) is 9.59 Å². The number of nitrogens with zero attached hydrogens (tertiary/aromatic N) is 2. The molecule has 2 aromatic rings. The topological polar surface area (TPSA) is 117 Å². The van der Waals surface area contributed by atoms with E-state index in [1.807, 2.05) is 0 Å². The zero-order chi connectivity index (χ0) is 25.0. The van der Waals surface area contributed by atoms with Crippen molar-refractivity contribution in [3.8, 4) is 0 Å². The largest absolute Gasteiger partial charge is 0.481 e. The van der Waals surface area contributed by atoms with Crippen molar-refractivity contribution in [2.24, 2.45) is 17.8 Å². The minimum Gasteiger partial charge on any atom is -0.481 e. The molecule has 4 rings (SSSR count). The van der Waals surface area contributed by atoms with Gasteiger partial charge in [0.2, 0.25) is 0 Å². The summed E-state index contributed by atoms with van der Waals surface area (Å²) >= 11 is 0. The number of halogens is 3. The summed E-state index contributed by atoms with van der Waals surface area (Å²) in [6.07, 6.45) is 3.71. The maximum atomic E-state index is 12.7. The highest BCUT2D eigenvalue weighted by molar-refractivity contribution is 5.89. The van der Waals surface area contributed by atoms with Crippen molar-refractivity contribution >= 4 is 23.6 Å². The van der Waals surface area contributed by atoms with Crippen molar-refractivity contribution < 1.29 is 32.3 Å². The van der Waals surface area contributed by atoms with Crippen molar-refractivity contribution in [1.82, 2.24) is 15.5 Å². The van der Waals surface area contributed by atoms with Gasteiger partial charge in [0.05, 0.1) is 5.56 Å². The number of alkyl halides is 3. The highest BCUT2D eigenvalue weighted by Crippen LogP contribution is 2.40. The number of amides is 1. The third-order valence-corrected chi connectivity index (χ3v) is 7.21. The molecule has 3 N–H and O–H groups in total. The minimum absolute atomic E-state index is 0.0142. The van der Waals surface area contributed by atoms with Crippen LogP contribution in [0.15, 0.2) is 28.7 Å². The zero-order valence-corrected chi connectivity index (χ0v) is 19.2. The van der Waals surface area contributed by atoms with Gasteiger partial charge in [-0.15, -0.1) is 5.10 Å². The molecule has 0 saturated heterocycles. The number of rotatable bonds is 7. The van der Waals surface area contributed by atoms with Gasteiger partial charge < -0.3 is 20.2 Å². The minimum atomic E-state index is -4.42. The van der Waals surface area contributed by atoms with E-state index in [2.05, 4.69) is 20.8 Å². The first-order valence-corrected chi connectivity index (χ1v) is 12.0. The lowest BCUT2D eigenvalue weighted by Crippen LogP contribution is -2.39. The number of carboxylic acids is 1. The number of carbonyl (C=O) groups is 2. The van der Waals surface area contributed by atoms with E-state index in [-0.39, 0.29) is 24.4 Å². The Hall–Kier alpha value is -3.11. The van der Waals surface area contributed by atoms with E-state index in [1.54, 1.807) is 0 Å². The van der Waals surface area contributed by atoms with Crippen LogP contribution in [-0.2, 0) is 11.0 Å². The molecule has 1 aromatic carbocycles. The van der Waals surface area contributed by atoms with Crippen LogP contribution in [0.4, 0.5) is 24.9 Å². The standard InChI is InChI=1S/C24H29F3N4O4/c25-24(26,27)17-7-11-19(12-8-17)29-23-31-30-22(35-23)21(34)28-18-9-5-16(6-10-18)15-3-1-14(2-4-15)13-20(32)33/h7-8,11-12,14-16,18H,1-6,9-10,13H2,(H,28,34)(H,29,31)(H,32,33). The van der Waals surface area contributed by atoms with E-state index in [9.17, 15) is 22.8 Å². The molecular weight excluding hydrogens is 465 g/mol. The molecule has 0 radical (unpaired) electrons. The highest BCUT2D eigenvalue weighted by atomic mass is 19.4. The molecule has 1 aromatic heterocycles. The smallest absolute Gasteiger partial charge is 0.416 e. The van der Waals surface area contributed by atoms with Crippen LogP contribution in [-0.4, -0.2) is 33.2 Å². The quantitative estimate of drug-likeness (QED) is 0.472. The second-order valence-electron chi connectivity index (χ2n) is 9.58. The fraction of sp³-hybridized carbons (Fsp3) is 0.583. The van der Waals surface area contributed by atoms with Gasteiger partial charge in [-0.05, 0) is 93.4 Å². The summed E-state index contributed by atoms with van der Waals surface area (Å²) in [4.78, 5) is 23.4. The number of aliphatic carboxylic acids is 1. The molecule has 11 heteroatoms. The van der Waals surface area contributed by atoms with Gasteiger partial charge in [-0.25, -0.2) is 0 Å². The molecule has 2 aliphatic rings. The van der Waals surface area contributed by atoms with E-state index in [4.69, 9.17) is 9.52 Å². The van der Waals surface area contributed by atoms with Gasteiger partial charge in [0, 0.05) is 18.2 Å². The number of carboxylic acid groups (broad SMARTS) is 1. The number of benzene rings is 1. The van der Waals surface area contributed by atoms with Gasteiger partial charge in [-0.1, -0.05) is 5.10 Å². The second kappa shape index (κ2) is 10.7. The first-order valence-electron chi connectivity index (χ1n) is 12.0. The Morgan fingerprint density at radius 3 is 2.11 bits per heavy atom. The molecule has 2 aliphatic carbocycles. The average molecular weight is 495 g/mol. The molecule has 0 atom stereocenters. The van der Waals surface area contributed by atoms with E-state index < -0.39 is 23.6 Å². The predicted molar refractivity (Wildman–Crippen MR) is 120 cm³/mol. The average Bonchev–Trinajstić information content (AvgIpc) is 3.28. The van der Waals surface area contributed by atoms with Crippen LogP contribution in [0, 0.1) is 17.8 Å². The molecule has 8 nitrogen and oxygen atoms in total. The Bertz CT molecular complexity index is 1010. The van der Waals surface area contributed by atoms with E-state index >= 15 is 0 Å². The zero-order valence-electron chi connectivity index (χ0n) is 19.2. The lowest BCUT2D eigenvalue weighted by molar-refractivity contribution is -0.139. The number of anilines is 2. The van der Waals surface area contributed by atoms with Crippen molar-refractivity contribution in [2.45, 2.75) is 70.0 Å². The number of hydrogen-bond acceptors (Lipinski definition) is 6. The molecule has 0 aliphatic heterocycles. The molecule has 2 fully saturated rings. The summed E-state index contributed by atoms with van der Waals surface area (Å²) in [5.74, 6) is 0.137. The maximum Gasteiger partial charge on any atom is 0.416 e. The van der Waals surface area contributed by atoms with Crippen LogP contribution in [0.2, 0.25) is 0 Å². The molecule has 1 heterocycles. The highest BCUT2D eigenvalue weighted by Gasteiger charge is 2.32. The summed E-state index contributed by atoms with van der Waals surface area (Å²) in [6.45, 7) is 0. The van der Waals surface area contributed by atoms with Crippen LogP contribution in [0.3, 0.4) is 0 Å². The van der Waals surface area contributed by atoms with Gasteiger partial charge in [0.25, 0.3) is 0 Å². The number of nitrogens with one attached hydrogen (secondary N) is 2. The fourth-order valence-corrected chi connectivity index (χ4v) is 5.32. The van der Waals surface area contributed by atoms with Crippen LogP contribution in [0.5, 0.6) is 0 Å².